The van der Waals surface area contributed by atoms with Crippen LogP contribution in [0.1, 0.15) is 6.92 Å². The lowest BCUT2D eigenvalue weighted by molar-refractivity contribution is -0.149. The minimum atomic E-state index is -0.772. The number of aromatic nitrogens is 3. The molecule has 4 heterocycles. The number of thiazole rings is 1. The third-order valence-electron chi connectivity index (χ3n) is 5.28. The minimum absolute atomic E-state index is 0.451. The molecule has 150 valence electrons. The van der Waals surface area contributed by atoms with Crippen molar-refractivity contribution < 1.29 is 14.3 Å². The number of carbonyl (C=O) groups is 1. The van der Waals surface area contributed by atoms with E-state index in [2.05, 4.69) is 9.97 Å². The van der Waals surface area contributed by atoms with Gasteiger partial charge in [-0.15, -0.1) is 0 Å². The molecule has 0 radical (unpaired) electrons. The molecule has 1 aromatic carbocycles. The first-order valence-corrected chi connectivity index (χ1v) is 10.2. The second kappa shape index (κ2) is 7.07. The number of aliphatic carboxylic acids is 1. The highest BCUT2D eigenvalue weighted by Crippen LogP contribution is 2.44. The maximum absolute atomic E-state index is 11.5. The Morgan fingerprint density at radius 2 is 1.87 bits per heavy atom. The molecule has 0 spiro atoms. The van der Waals surface area contributed by atoms with Gasteiger partial charge in [0.2, 0.25) is 0 Å². The van der Waals surface area contributed by atoms with Crippen molar-refractivity contribution in [2.75, 3.05) is 18.0 Å². The number of oxazole rings is 1. The van der Waals surface area contributed by atoms with Crippen LogP contribution in [0.4, 0.5) is 5.13 Å². The number of anilines is 1. The average molecular weight is 418 g/mol. The average Bonchev–Trinajstić information content (AvgIpc) is 3.42. The highest BCUT2D eigenvalue weighted by atomic mass is 32.1. The van der Waals surface area contributed by atoms with Crippen molar-refractivity contribution in [2.45, 2.75) is 6.92 Å². The van der Waals surface area contributed by atoms with Gasteiger partial charge in [-0.2, -0.15) is 0 Å². The smallest absolute Gasteiger partial charge is 0.312 e. The van der Waals surface area contributed by atoms with E-state index in [4.69, 9.17) is 9.40 Å². The summed E-state index contributed by atoms with van der Waals surface area (Å²) in [6.07, 6.45) is 6.65. The Morgan fingerprint density at radius 1 is 1.10 bits per heavy atom. The summed E-state index contributed by atoms with van der Waals surface area (Å²) in [6, 6.07) is 11.9. The molecular formula is C22H18N4O3S. The van der Waals surface area contributed by atoms with Gasteiger partial charge in [0.1, 0.15) is 0 Å². The van der Waals surface area contributed by atoms with Crippen molar-refractivity contribution in [1.29, 1.82) is 0 Å². The largest absolute Gasteiger partial charge is 0.481 e. The van der Waals surface area contributed by atoms with Crippen LogP contribution in [0.5, 0.6) is 0 Å². The zero-order chi connectivity index (χ0) is 20.7. The van der Waals surface area contributed by atoms with Crippen molar-refractivity contribution >= 4 is 22.4 Å². The number of hydrogen-bond donors (Lipinski definition) is 1. The Labute approximate surface area is 176 Å². The van der Waals surface area contributed by atoms with Crippen LogP contribution < -0.4 is 4.90 Å². The van der Waals surface area contributed by atoms with Gasteiger partial charge in [-0.25, -0.2) is 9.97 Å². The van der Waals surface area contributed by atoms with Gasteiger partial charge in [-0.05, 0) is 13.0 Å². The highest BCUT2D eigenvalue weighted by Gasteiger charge is 2.46. The Bertz CT molecular complexity index is 1180. The molecule has 4 aromatic rings. The molecule has 1 N–H and O–H groups in total. The predicted molar refractivity (Wildman–Crippen MR) is 114 cm³/mol. The van der Waals surface area contributed by atoms with Gasteiger partial charge in [0.25, 0.3) is 0 Å². The molecule has 7 nitrogen and oxygen atoms in total. The van der Waals surface area contributed by atoms with Crippen LogP contribution in [-0.2, 0) is 4.79 Å². The van der Waals surface area contributed by atoms with Crippen LogP contribution in [0.3, 0.4) is 0 Å². The Kier molecular flexibility index (Phi) is 4.36. The first kappa shape index (κ1) is 18.5. The van der Waals surface area contributed by atoms with E-state index in [1.807, 2.05) is 47.5 Å². The van der Waals surface area contributed by atoms with E-state index in [-0.39, 0.29) is 0 Å². The van der Waals surface area contributed by atoms with E-state index >= 15 is 0 Å². The first-order chi connectivity index (χ1) is 14.5. The van der Waals surface area contributed by atoms with Gasteiger partial charge in [0.15, 0.2) is 17.3 Å². The summed E-state index contributed by atoms with van der Waals surface area (Å²) in [5, 5.41) is 10.2. The normalized spacial score (nSPS) is 15.0. The topological polar surface area (TPSA) is 92.3 Å². The van der Waals surface area contributed by atoms with Crippen molar-refractivity contribution in [1.82, 2.24) is 15.0 Å². The highest BCUT2D eigenvalue weighted by molar-refractivity contribution is 7.19. The lowest BCUT2D eigenvalue weighted by Crippen LogP contribution is -2.59. The summed E-state index contributed by atoms with van der Waals surface area (Å²) in [4.78, 5) is 27.6. The molecule has 0 bridgehead atoms. The molecule has 1 saturated heterocycles. The molecule has 30 heavy (non-hydrogen) atoms. The van der Waals surface area contributed by atoms with Gasteiger partial charge in [-0.1, -0.05) is 41.7 Å². The molecule has 1 fully saturated rings. The fourth-order valence-corrected chi connectivity index (χ4v) is 4.63. The summed E-state index contributed by atoms with van der Waals surface area (Å²) < 4.78 is 5.37. The lowest BCUT2D eigenvalue weighted by atomic mass is 9.82. The van der Waals surface area contributed by atoms with E-state index in [9.17, 15) is 9.90 Å². The zero-order valence-electron chi connectivity index (χ0n) is 16.1. The molecule has 1 aliphatic heterocycles. The summed E-state index contributed by atoms with van der Waals surface area (Å²) in [5.41, 5.74) is 3.03. The van der Waals surface area contributed by atoms with Gasteiger partial charge in [0.05, 0.1) is 22.2 Å². The number of carboxylic acids is 1. The summed E-state index contributed by atoms with van der Waals surface area (Å²) in [5.74, 6) is -0.0625. The minimum Gasteiger partial charge on any atom is -0.481 e. The number of carboxylic acid groups (broad SMARTS) is 1. The van der Waals surface area contributed by atoms with Gasteiger partial charge >= 0.3 is 5.97 Å². The van der Waals surface area contributed by atoms with Crippen LogP contribution in [0.25, 0.3) is 33.0 Å². The Morgan fingerprint density at radius 3 is 2.50 bits per heavy atom. The molecule has 0 saturated carbocycles. The lowest BCUT2D eigenvalue weighted by Gasteiger charge is -2.44. The second-order valence-electron chi connectivity index (χ2n) is 7.58. The van der Waals surface area contributed by atoms with Crippen molar-refractivity contribution in [2.24, 2.45) is 5.41 Å². The van der Waals surface area contributed by atoms with Crippen LogP contribution >= 0.6 is 11.3 Å². The number of rotatable bonds is 5. The van der Waals surface area contributed by atoms with E-state index in [0.717, 1.165) is 32.4 Å². The van der Waals surface area contributed by atoms with E-state index in [1.54, 1.807) is 30.7 Å². The molecule has 3 aromatic heterocycles. The van der Waals surface area contributed by atoms with E-state index < -0.39 is 11.4 Å². The molecule has 5 rings (SSSR count). The van der Waals surface area contributed by atoms with Crippen molar-refractivity contribution in [3.63, 3.8) is 0 Å². The van der Waals surface area contributed by atoms with Gasteiger partial charge in [0, 0.05) is 42.2 Å². The van der Waals surface area contributed by atoms with Crippen LogP contribution in [0.2, 0.25) is 0 Å². The Balaban J connectivity index is 1.52. The summed E-state index contributed by atoms with van der Waals surface area (Å²) in [7, 11) is 0. The third kappa shape index (κ3) is 3.15. The Hall–Kier alpha value is -3.52. The number of benzene rings is 1. The number of nitrogens with zero attached hydrogens (tertiary/aromatic N) is 4. The summed E-state index contributed by atoms with van der Waals surface area (Å²) >= 11 is 1.56. The van der Waals surface area contributed by atoms with Crippen LogP contribution in [0, 0.1) is 5.41 Å². The maximum atomic E-state index is 11.5. The van der Waals surface area contributed by atoms with Crippen molar-refractivity contribution in [3.8, 4) is 33.0 Å². The molecule has 1 aliphatic rings. The fraction of sp³-hybridized carbons (Fsp3) is 0.182. The molecular weight excluding hydrogens is 400 g/mol. The third-order valence-corrected chi connectivity index (χ3v) is 6.45. The first-order valence-electron chi connectivity index (χ1n) is 9.42. The van der Waals surface area contributed by atoms with E-state index in [1.165, 1.54) is 6.39 Å². The monoisotopic (exact) mass is 418 g/mol. The zero-order valence-corrected chi connectivity index (χ0v) is 17.0. The van der Waals surface area contributed by atoms with Crippen LogP contribution in [0.15, 0.2) is 65.8 Å². The van der Waals surface area contributed by atoms with Gasteiger partial charge < -0.3 is 14.4 Å². The molecule has 0 amide bonds. The predicted octanol–water partition coefficient (Wildman–Crippen LogP) is 4.44. The standard InChI is InChI=1S/C22H18N4O3S/c1-22(20(27)28)11-26(12-22)21-25-18(19(30-21)16-3-2-8-23-9-16)15-6-4-14(5-7-15)17-10-24-13-29-17/h2-10,13H,11-12H2,1H3,(H,27,28). The second-order valence-corrected chi connectivity index (χ2v) is 8.56. The van der Waals surface area contributed by atoms with Gasteiger partial charge in [-0.3, -0.25) is 9.78 Å². The van der Waals surface area contributed by atoms with E-state index in [0.29, 0.717) is 18.8 Å². The number of hydrogen-bond acceptors (Lipinski definition) is 7. The fourth-order valence-electron chi connectivity index (χ4n) is 3.55. The quantitative estimate of drug-likeness (QED) is 0.512. The van der Waals surface area contributed by atoms with Crippen molar-refractivity contribution in [3.05, 3.63) is 61.4 Å². The molecule has 0 atom stereocenters. The SMILES string of the molecule is CC1(C(=O)O)CN(c2nc(-c3ccc(-c4cnco4)cc3)c(-c3cccnc3)s2)C1. The number of pyridine rings is 1. The molecule has 8 heteroatoms. The molecule has 0 aliphatic carbocycles. The molecule has 0 unspecified atom stereocenters. The summed E-state index contributed by atoms with van der Waals surface area (Å²) in [6.45, 7) is 2.67. The maximum Gasteiger partial charge on any atom is 0.312 e. The van der Waals surface area contributed by atoms with Crippen LogP contribution in [-0.4, -0.2) is 39.1 Å².